The van der Waals surface area contributed by atoms with Crippen LogP contribution in [-0.4, -0.2) is 48.0 Å². The molecule has 0 bridgehead atoms. The fourth-order valence-corrected chi connectivity index (χ4v) is 4.06. The lowest BCUT2D eigenvalue weighted by Crippen LogP contribution is -2.45. The summed E-state index contributed by atoms with van der Waals surface area (Å²) in [5, 5.41) is 3.00. The standard InChI is InChI=1S/C21H26N4O3/c1-14-10-15(2)19(16(3)11-14)24-20(26)17-12-18(23-13-22-17)25-6-4-21(5-7-25)27-8-9-28-21/h10-13H,4-9H2,1-3H3,(H,24,26). The first-order valence-corrected chi connectivity index (χ1v) is 9.70. The molecule has 2 saturated heterocycles. The van der Waals surface area contributed by atoms with Gasteiger partial charge < -0.3 is 19.7 Å². The van der Waals surface area contributed by atoms with E-state index in [2.05, 4.69) is 32.3 Å². The van der Waals surface area contributed by atoms with Crippen molar-refractivity contribution in [3.05, 3.63) is 46.9 Å². The van der Waals surface area contributed by atoms with Gasteiger partial charge in [0.25, 0.3) is 5.91 Å². The Kier molecular flexibility index (Phi) is 5.03. The van der Waals surface area contributed by atoms with E-state index < -0.39 is 5.79 Å². The number of aromatic nitrogens is 2. The minimum atomic E-state index is -0.426. The van der Waals surface area contributed by atoms with Gasteiger partial charge in [-0.2, -0.15) is 0 Å². The summed E-state index contributed by atoms with van der Waals surface area (Å²) in [7, 11) is 0. The number of hydrogen-bond acceptors (Lipinski definition) is 6. The summed E-state index contributed by atoms with van der Waals surface area (Å²) in [4.78, 5) is 23.5. The van der Waals surface area contributed by atoms with Gasteiger partial charge in [0.15, 0.2) is 5.79 Å². The summed E-state index contributed by atoms with van der Waals surface area (Å²) >= 11 is 0. The molecule has 7 heteroatoms. The number of carbonyl (C=O) groups excluding carboxylic acids is 1. The number of piperidine rings is 1. The number of hydrogen-bond donors (Lipinski definition) is 1. The van der Waals surface area contributed by atoms with Crippen LogP contribution in [-0.2, 0) is 9.47 Å². The molecule has 0 aliphatic carbocycles. The lowest BCUT2D eigenvalue weighted by Gasteiger charge is -2.38. The average molecular weight is 382 g/mol. The van der Waals surface area contributed by atoms with Crippen LogP contribution < -0.4 is 10.2 Å². The van der Waals surface area contributed by atoms with E-state index in [1.807, 2.05) is 20.8 Å². The molecule has 28 heavy (non-hydrogen) atoms. The normalized spacial score (nSPS) is 18.5. The molecule has 2 fully saturated rings. The Labute approximate surface area is 165 Å². The quantitative estimate of drug-likeness (QED) is 0.879. The van der Waals surface area contributed by atoms with Gasteiger partial charge in [-0.25, -0.2) is 9.97 Å². The van der Waals surface area contributed by atoms with Crippen LogP contribution in [0.2, 0.25) is 0 Å². The van der Waals surface area contributed by atoms with Gasteiger partial charge in [-0.15, -0.1) is 0 Å². The van der Waals surface area contributed by atoms with E-state index in [9.17, 15) is 4.79 Å². The molecule has 0 unspecified atom stereocenters. The van der Waals surface area contributed by atoms with E-state index in [0.29, 0.717) is 18.9 Å². The number of aryl methyl sites for hydroxylation is 3. The van der Waals surface area contributed by atoms with Crippen molar-refractivity contribution in [1.82, 2.24) is 9.97 Å². The van der Waals surface area contributed by atoms with Crippen LogP contribution in [0.5, 0.6) is 0 Å². The van der Waals surface area contributed by atoms with Crippen LogP contribution in [0.4, 0.5) is 11.5 Å². The third-order valence-corrected chi connectivity index (χ3v) is 5.46. The first-order chi connectivity index (χ1) is 13.5. The highest BCUT2D eigenvalue weighted by Gasteiger charge is 2.40. The smallest absolute Gasteiger partial charge is 0.274 e. The summed E-state index contributed by atoms with van der Waals surface area (Å²) in [5.41, 5.74) is 4.45. The Hall–Kier alpha value is -2.51. The van der Waals surface area contributed by atoms with Crippen molar-refractivity contribution in [3.8, 4) is 0 Å². The molecule has 3 heterocycles. The topological polar surface area (TPSA) is 76.6 Å². The van der Waals surface area contributed by atoms with Crippen LogP contribution in [0.1, 0.15) is 40.0 Å². The van der Waals surface area contributed by atoms with E-state index in [1.165, 1.54) is 11.9 Å². The Bertz CT molecular complexity index is 860. The van der Waals surface area contributed by atoms with Crippen LogP contribution in [0.3, 0.4) is 0 Å². The molecule has 1 aromatic carbocycles. The largest absolute Gasteiger partial charge is 0.356 e. The number of nitrogens with zero attached hydrogens (tertiary/aromatic N) is 3. The maximum absolute atomic E-state index is 12.8. The summed E-state index contributed by atoms with van der Waals surface area (Å²) in [6, 6.07) is 5.87. The maximum atomic E-state index is 12.8. The third kappa shape index (κ3) is 3.72. The second-order valence-electron chi connectivity index (χ2n) is 7.58. The highest BCUT2D eigenvalue weighted by atomic mass is 16.7. The fourth-order valence-electron chi connectivity index (χ4n) is 4.06. The molecule has 1 amide bonds. The van der Waals surface area contributed by atoms with Crippen LogP contribution in [0.15, 0.2) is 24.5 Å². The summed E-state index contributed by atoms with van der Waals surface area (Å²) in [6.07, 6.45) is 3.03. The number of rotatable bonds is 3. The monoisotopic (exact) mass is 382 g/mol. The second-order valence-corrected chi connectivity index (χ2v) is 7.58. The summed E-state index contributed by atoms with van der Waals surface area (Å²) in [5.74, 6) is 0.101. The van der Waals surface area contributed by atoms with Crippen molar-refractivity contribution in [2.45, 2.75) is 39.4 Å². The van der Waals surface area contributed by atoms with Gasteiger partial charge >= 0.3 is 0 Å². The number of anilines is 2. The number of carbonyl (C=O) groups is 1. The van der Waals surface area contributed by atoms with E-state index in [-0.39, 0.29) is 5.91 Å². The average Bonchev–Trinajstić information content (AvgIpc) is 3.13. The Morgan fingerprint density at radius 1 is 1.04 bits per heavy atom. The zero-order valence-electron chi connectivity index (χ0n) is 16.6. The van der Waals surface area contributed by atoms with E-state index in [1.54, 1.807) is 6.07 Å². The van der Waals surface area contributed by atoms with Crippen molar-refractivity contribution in [2.24, 2.45) is 0 Å². The number of benzene rings is 1. The molecule has 148 valence electrons. The first-order valence-electron chi connectivity index (χ1n) is 9.70. The highest BCUT2D eigenvalue weighted by Crippen LogP contribution is 2.32. The van der Waals surface area contributed by atoms with Gasteiger partial charge in [0.05, 0.1) is 13.2 Å². The van der Waals surface area contributed by atoms with E-state index >= 15 is 0 Å². The van der Waals surface area contributed by atoms with Crippen LogP contribution >= 0.6 is 0 Å². The minimum absolute atomic E-state index is 0.227. The predicted molar refractivity (Wildman–Crippen MR) is 107 cm³/mol. The number of ether oxygens (including phenoxy) is 2. The van der Waals surface area contributed by atoms with Gasteiger partial charge in [0.1, 0.15) is 17.8 Å². The molecular formula is C21H26N4O3. The molecule has 0 radical (unpaired) electrons. The van der Waals surface area contributed by atoms with Crippen LogP contribution in [0, 0.1) is 20.8 Å². The molecular weight excluding hydrogens is 356 g/mol. The van der Waals surface area contributed by atoms with E-state index in [4.69, 9.17) is 9.47 Å². The number of nitrogens with one attached hydrogen (secondary N) is 1. The zero-order valence-corrected chi connectivity index (χ0v) is 16.6. The Balaban J connectivity index is 1.47. The summed E-state index contributed by atoms with van der Waals surface area (Å²) < 4.78 is 11.6. The molecule has 1 aromatic heterocycles. The third-order valence-electron chi connectivity index (χ3n) is 5.46. The van der Waals surface area contributed by atoms with Gasteiger partial charge in [0.2, 0.25) is 0 Å². The molecule has 0 saturated carbocycles. The predicted octanol–water partition coefficient (Wildman–Crippen LogP) is 3.00. The lowest BCUT2D eigenvalue weighted by atomic mass is 10.0. The molecule has 2 aromatic rings. The highest BCUT2D eigenvalue weighted by molar-refractivity contribution is 6.04. The molecule has 0 atom stereocenters. The lowest BCUT2D eigenvalue weighted by molar-refractivity contribution is -0.169. The van der Waals surface area contributed by atoms with Gasteiger partial charge in [0, 0.05) is 37.7 Å². The van der Waals surface area contributed by atoms with E-state index in [0.717, 1.165) is 48.6 Å². The molecule has 2 aliphatic heterocycles. The Morgan fingerprint density at radius 2 is 1.68 bits per heavy atom. The Morgan fingerprint density at radius 3 is 2.32 bits per heavy atom. The van der Waals surface area contributed by atoms with Gasteiger partial charge in [-0.05, 0) is 31.9 Å². The minimum Gasteiger partial charge on any atom is -0.356 e. The molecule has 1 spiro atoms. The van der Waals surface area contributed by atoms with Crippen molar-refractivity contribution in [1.29, 1.82) is 0 Å². The molecule has 1 N–H and O–H groups in total. The number of amides is 1. The van der Waals surface area contributed by atoms with Gasteiger partial charge in [-0.1, -0.05) is 17.7 Å². The van der Waals surface area contributed by atoms with Crippen molar-refractivity contribution >= 4 is 17.4 Å². The van der Waals surface area contributed by atoms with Crippen LogP contribution in [0.25, 0.3) is 0 Å². The SMILES string of the molecule is Cc1cc(C)c(NC(=O)c2cc(N3CCC4(CC3)OCCO4)ncn2)c(C)c1. The fraction of sp³-hybridized carbons (Fsp3) is 0.476. The second kappa shape index (κ2) is 7.48. The van der Waals surface area contributed by atoms with Crippen molar-refractivity contribution in [3.63, 3.8) is 0 Å². The maximum Gasteiger partial charge on any atom is 0.274 e. The molecule has 2 aliphatic rings. The van der Waals surface area contributed by atoms with Crippen molar-refractivity contribution in [2.75, 3.05) is 36.5 Å². The molecule has 7 nitrogen and oxygen atoms in total. The van der Waals surface area contributed by atoms with Gasteiger partial charge in [-0.3, -0.25) is 4.79 Å². The van der Waals surface area contributed by atoms with Crippen molar-refractivity contribution < 1.29 is 14.3 Å². The first kappa shape index (κ1) is 18.8. The zero-order chi connectivity index (χ0) is 19.7. The molecule has 4 rings (SSSR count). The summed E-state index contributed by atoms with van der Waals surface area (Å²) in [6.45, 7) is 8.91.